The summed E-state index contributed by atoms with van der Waals surface area (Å²) in [5.41, 5.74) is 1.09. The minimum absolute atomic E-state index is 0.0582. The third kappa shape index (κ3) is 2.73. The molecule has 0 saturated carbocycles. The molecule has 4 heterocycles. The Morgan fingerprint density at radius 3 is 3.08 bits per heavy atom. The van der Waals surface area contributed by atoms with Crippen LogP contribution in [-0.4, -0.2) is 43.2 Å². The number of carbonyl (C=O) groups is 1. The van der Waals surface area contributed by atoms with Crippen molar-refractivity contribution in [1.29, 1.82) is 0 Å². The summed E-state index contributed by atoms with van der Waals surface area (Å²) >= 11 is 1.51. The lowest BCUT2D eigenvalue weighted by Gasteiger charge is -2.32. The van der Waals surface area contributed by atoms with Crippen LogP contribution >= 0.6 is 11.3 Å². The SMILES string of the molecule is Cc1nc([C@H]2CCCN(C(=O)c3cn4ccsc4n3)C2)cc(=O)[nH]1. The Kier molecular flexibility index (Phi) is 3.68. The second-order valence-corrected chi connectivity index (χ2v) is 6.94. The van der Waals surface area contributed by atoms with Crippen LogP contribution in [0.3, 0.4) is 0 Å². The average Bonchev–Trinajstić information content (AvgIpc) is 3.15. The van der Waals surface area contributed by atoms with Gasteiger partial charge in [-0.15, -0.1) is 11.3 Å². The van der Waals surface area contributed by atoms with Gasteiger partial charge in [-0.25, -0.2) is 9.97 Å². The van der Waals surface area contributed by atoms with E-state index >= 15 is 0 Å². The molecule has 0 unspecified atom stereocenters. The first-order valence-electron chi connectivity index (χ1n) is 7.89. The van der Waals surface area contributed by atoms with Crippen LogP contribution in [0.25, 0.3) is 4.96 Å². The first-order chi connectivity index (χ1) is 11.6. The molecule has 7 nitrogen and oxygen atoms in total. The summed E-state index contributed by atoms with van der Waals surface area (Å²) in [6.45, 7) is 3.05. The van der Waals surface area contributed by atoms with Crippen molar-refractivity contribution in [2.75, 3.05) is 13.1 Å². The molecule has 3 aromatic heterocycles. The van der Waals surface area contributed by atoms with Gasteiger partial charge >= 0.3 is 0 Å². The summed E-state index contributed by atoms with van der Waals surface area (Å²) in [6, 6.07) is 1.54. The average molecular weight is 343 g/mol. The third-order valence-electron chi connectivity index (χ3n) is 4.32. The number of aromatic nitrogens is 4. The number of aryl methyl sites for hydroxylation is 1. The highest BCUT2D eigenvalue weighted by atomic mass is 32.1. The molecule has 3 aromatic rings. The van der Waals surface area contributed by atoms with Crippen LogP contribution in [0.4, 0.5) is 0 Å². The Morgan fingerprint density at radius 1 is 1.42 bits per heavy atom. The number of hydrogen-bond acceptors (Lipinski definition) is 5. The molecule has 1 aliphatic rings. The zero-order valence-electron chi connectivity index (χ0n) is 13.2. The van der Waals surface area contributed by atoms with Gasteiger partial charge in [0.25, 0.3) is 11.5 Å². The number of nitrogens with zero attached hydrogens (tertiary/aromatic N) is 4. The molecule has 1 saturated heterocycles. The summed E-state index contributed by atoms with van der Waals surface area (Å²) < 4.78 is 1.86. The fraction of sp³-hybridized carbons (Fsp3) is 0.375. The number of rotatable bonds is 2. The molecule has 1 atom stereocenters. The van der Waals surface area contributed by atoms with E-state index in [1.165, 1.54) is 17.4 Å². The van der Waals surface area contributed by atoms with Gasteiger partial charge in [0.2, 0.25) is 0 Å². The Balaban J connectivity index is 1.56. The Morgan fingerprint density at radius 2 is 2.29 bits per heavy atom. The van der Waals surface area contributed by atoms with Gasteiger partial charge in [0.15, 0.2) is 4.96 Å². The molecule has 0 bridgehead atoms. The van der Waals surface area contributed by atoms with Gasteiger partial charge in [-0.2, -0.15) is 0 Å². The number of H-pyrrole nitrogens is 1. The summed E-state index contributed by atoms with van der Waals surface area (Å²) in [7, 11) is 0. The predicted octanol–water partition coefficient (Wildman–Crippen LogP) is 1.81. The van der Waals surface area contributed by atoms with Crippen LogP contribution in [-0.2, 0) is 0 Å². The lowest BCUT2D eigenvalue weighted by atomic mass is 9.94. The van der Waals surface area contributed by atoms with E-state index in [2.05, 4.69) is 15.0 Å². The normalized spacial score (nSPS) is 18.2. The van der Waals surface area contributed by atoms with Crippen molar-refractivity contribution < 1.29 is 4.79 Å². The Hall–Kier alpha value is -2.48. The molecule has 124 valence electrons. The maximum atomic E-state index is 12.7. The zero-order chi connectivity index (χ0) is 16.7. The van der Waals surface area contributed by atoms with Gasteiger partial charge in [-0.3, -0.25) is 14.0 Å². The van der Waals surface area contributed by atoms with Gasteiger partial charge in [0.1, 0.15) is 11.5 Å². The minimum atomic E-state index is -0.143. The number of carbonyl (C=O) groups excluding carboxylic acids is 1. The van der Waals surface area contributed by atoms with E-state index in [0.717, 1.165) is 23.5 Å². The number of imidazole rings is 1. The van der Waals surface area contributed by atoms with Crippen LogP contribution in [0.15, 0.2) is 28.6 Å². The monoisotopic (exact) mass is 343 g/mol. The topological polar surface area (TPSA) is 83.4 Å². The Labute approximate surface area is 142 Å². The molecule has 0 radical (unpaired) electrons. The fourth-order valence-electron chi connectivity index (χ4n) is 3.21. The van der Waals surface area contributed by atoms with Crippen molar-refractivity contribution >= 4 is 22.2 Å². The molecule has 4 rings (SSSR count). The molecule has 1 fully saturated rings. The standard InChI is InChI=1S/C16H17N5O2S/c1-10-17-12(7-14(22)18-10)11-3-2-4-20(8-11)15(23)13-9-21-5-6-24-16(21)19-13/h5-7,9,11H,2-4,8H2,1H3,(H,17,18,22)/t11-/m0/s1. The van der Waals surface area contributed by atoms with Gasteiger partial charge < -0.3 is 9.88 Å². The molecule has 8 heteroatoms. The van der Waals surface area contributed by atoms with Gasteiger partial charge in [-0.1, -0.05) is 0 Å². The largest absolute Gasteiger partial charge is 0.337 e. The summed E-state index contributed by atoms with van der Waals surface area (Å²) in [5, 5.41) is 1.94. The van der Waals surface area contributed by atoms with E-state index in [4.69, 9.17) is 0 Å². The highest BCUT2D eigenvalue weighted by molar-refractivity contribution is 7.15. The lowest BCUT2D eigenvalue weighted by molar-refractivity contribution is 0.0700. The maximum absolute atomic E-state index is 12.7. The predicted molar refractivity (Wildman–Crippen MR) is 90.5 cm³/mol. The number of thiazole rings is 1. The molecular weight excluding hydrogens is 326 g/mol. The summed E-state index contributed by atoms with van der Waals surface area (Å²) in [4.78, 5) is 38.5. The number of hydrogen-bond donors (Lipinski definition) is 1. The van der Waals surface area contributed by atoms with E-state index < -0.39 is 0 Å². The number of piperidine rings is 1. The Bertz CT molecular complexity index is 928. The molecule has 1 N–H and O–H groups in total. The highest BCUT2D eigenvalue weighted by Crippen LogP contribution is 2.26. The van der Waals surface area contributed by atoms with Gasteiger partial charge in [0.05, 0.1) is 5.69 Å². The van der Waals surface area contributed by atoms with E-state index in [0.29, 0.717) is 24.6 Å². The quantitative estimate of drug-likeness (QED) is 0.769. The number of fused-ring (bicyclic) bond motifs is 1. The summed E-state index contributed by atoms with van der Waals surface area (Å²) in [5.74, 6) is 0.639. The van der Waals surface area contributed by atoms with Gasteiger partial charge in [-0.05, 0) is 19.8 Å². The number of amides is 1. The van der Waals surface area contributed by atoms with E-state index in [1.807, 2.05) is 20.9 Å². The van der Waals surface area contributed by atoms with E-state index in [-0.39, 0.29) is 17.4 Å². The first-order valence-corrected chi connectivity index (χ1v) is 8.77. The van der Waals surface area contributed by atoms with Crippen LogP contribution in [0.1, 0.15) is 40.8 Å². The zero-order valence-corrected chi connectivity index (χ0v) is 14.0. The van der Waals surface area contributed by atoms with Crippen LogP contribution in [0, 0.1) is 6.92 Å². The molecule has 24 heavy (non-hydrogen) atoms. The van der Waals surface area contributed by atoms with Gasteiger partial charge in [0, 0.05) is 42.8 Å². The molecule has 0 spiro atoms. The molecule has 0 aromatic carbocycles. The van der Waals surface area contributed by atoms with Crippen molar-refractivity contribution in [1.82, 2.24) is 24.3 Å². The van der Waals surface area contributed by atoms with E-state index in [1.54, 1.807) is 13.1 Å². The number of aromatic amines is 1. The van der Waals surface area contributed by atoms with Crippen molar-refractivity contribution in [3.63, 3.8) is 0 Å². The maximum Gasteiger partial charge on any atom is 0.274 e. The molecule has 1 amide bonds. The second-order valence-electron chi connectivity index (χ2n) is 6.06. The van der Waals surface area contributed by atoms with Crippen molar-refractivity contribution in [3.05, 3.63) is 51.4 Å². The number of nitrogens with one attached hydrogen (secondary N) is 1. The van der Waals surface area contributed by atoms with Crippen LogP contribution in [0.2, 0.25) is 0 Å². The van der Waals surface area contributed by atoms with Crippen molar-refractivity contribution in [2.24, 2.45) is 0 Å². The van der Waals surface area contributed by atoms with Crippen LogP contribution < -0.4 is 5.56 Å². The van der Waals surface area contributed by atoms with Crippen molar-refractivity contribution in [3.8, 4) is 0 Å². The fourth-order valence-corrected chi connectivity index (χ4v) is 3.91. The summed E-state index contributed by atoms with van der Waals surface area (Å²) in [6.07, 6.45) is 5.49. The minimum Gasteiger partial charge on any atom is -0.337 e. The second kappa shape index (κ2) is 5.86. The van der Waals surface area contributed by atoms with Crippen molar-refractivity contribution in [2.45, 2.75) is 25.7 Å². The molecular formula is C16H17N5O2S. The molecule has 1 aliphatic heterocycles. The van der Waals surface area contributed by atoms with E-state index in [9.17, 15) is 9.59 Å². The first kappa shape index (κ1) is 15.1. The highest BCUT2D eigenvalue weighted by Gasteiger charge is 2.28. The molecule has 0 aliphatic carbocycles. The number of likely N-dealkylation sites (tertiary alicyclic amines) is 1. The lowest BCUT2D eigenvalue weighted by Crippen LogP contribution is -2.39. The third-order valence-corrected chi connectivity index (χ3v) is 5.09. The van der Waals surface area contributed by atoms with Crippen LogP contribution in [0.5, 0.6) is 0 Å². The smallest absolute Gasteiger partial charge is 0.274 e.